The molecule has 0 bridgehead atoms. The molecule has 0 saturated carbocycles. The zero-order chi connectivity index (χ0) is 12.5. The average molecular weight is 235 g/mol. The van der Waals surface area contributed by atoms with Gasteiger partial charge in [-0.25, -0.2) is 0 Å². The molecule has 2 rings (SSSR count). The maximum atomic E-state index is 9.80. The van der Waals surface area contributed by atoms with Gasteiger partial charge in [-0.05, 0) is 43.9 Å². The van der Waals surface area contributed by atoms with Crippen molar-refractivity contribution >= 4 is 0 Å². The Balaban J connectivity index is 2.15. The Labute approximate surface area is 103 Å². The van der Waals surface area contributed by atoms with E-state index in [1.54, 1.807) is 13.2 Å². The summed E-state index contributed by atoms with van der Waals surface area (Å²) in [5, 5.41) is 13.4. The number of hydrogen-bond acceptors (Lipinski definition) is 3. The second kappa shape index (κ2) is 4.67. The lowest BCUT2D eigenvalue weighted by atomic mass is 10.0. The summed E-state index contributed by atoms with van der Waals surface area (Å²) in [4.78, 5) is 0. The smallest absolute Gasteiger partial charge is 0.119 e. The van der Waals surface area contributed by atoms with Crippen LogP contribution in [0.3, 0.4) is 0 Å². The summed E-state index contributed by atoms with van der Waals surface area (Å²) in [5.74, 6) is 0.427. The fraction of sp³-hybridized carbons (Fsp3) is 0.571. The maximum absolute atomic E-state index is 9.80. The number of aromatic hydroxyl groups is 1. The summed E-state index contributed by atoms with van der Waals surface area (Å²) in [6.45, 7) is 4.95. The second-order valence-corrected chi connectivity index (χ2v) is 5.40. The number of phenols is 1. The van der Waals surface area contributed by atoms with Gasteiger partial charge in [0.1, 0.15) is 5.75 Å². The van der Waals surface area contributed by atoms with Gasteiger partial charge in [0.05, 0.1) is 6.61 Å². The molecule has 0 spiro atoms. The number of ether oxygens (including phenoxy) is 1. The van der Waals surface area contributed by atoms with Crippen molar-refractivity contribution in [2.24, 2.45) is 0 Å². The summed E-state index contributed by atoms with van der Waals surface area (Å²) in [5.41, 5.74) is 2.28. The first-order chi connectivity index (χ1) is 8.03. The molecular formula is C14H21NO2. The van der Waals surface area contributed by atoms with Crippen LogP contribution in [0.5, 0.6) is 5.75 Å². The number of nitrogens with one attached hydrogen (secondary N) is 1. The van der Waals surface area contributed by atoms with Crippen LogP contribution in [0.4, 0.5) is 0 Å². The molecule has 1 aromatic carbocycles. The molecule has 0 saturated heterocycles. The minimum Gasteiger partial charge on any atom is -0.508 e. The quantitative estimate of drug-likeness (QED) is 0.842. The largest absolute Gasteiger partial charge is 0.508 e. The second-order valence-electron chi connectivity index (χ2n) is 5.40. The lowest BCUT2D eigenvalue weighted by Crippen LogP contribution is -2.44. The molecule has 1 aliphatic carbocycles. The van der Waals surface area contributed by atoms with Crippen molar-refractivity contribution in [1.82, 2.24) is 5.32 Å². The Hall–Kier alpha value is -1.06. The summed E-state index contributed by atoms with van der Waals surface area (Å²) >= 11 is 0. The predicted octanol–water partition coefficient (Wildman–Crippen LogP) is 2.39. The monoisotopic (exact) mass is 235 g/mol. The van der Waals surface area contributed by atoms with E-state index in [-0.39, 0.29) is 5.54 Å². The van der Waals surface area contributed by atoms with Crippen LogP contribution in [-0.2, 0) is 11.2 Å². The van der Waals surface area contributed by atoms with Crippen LogP contribution < -0.4 is 5.32 Å². The number of hydrogen-bond donors (Lipinski definition) is 2. The summed E-state index contributed by atoms with van der Waals surface area (Å²) in [6, 6.07) is 6.10. The number of rotatable bonds is 4. The molecule has 17 heavy (non-hydrogen) atoms. The number of phenolic OH excluding ortho intramolecular Hbond substituents is 1. The van der Waals surface area contributed by atoms with E-state index in [2.05, 4.69) is 25.2 Å². The van der Waals surface area contributed by atoms with E-state index < -0.39 is 0 Å². The first-order valence-corrected chi connectivity index (χ1v) is 6.11. The Morgan fingerprint density at radius 1 is 1.47 bits per heavy atom. The van der Waals surface area contributed by atoms with Crippen LogP contribution >= 0.6 is 0 Å². The molecule has 1 unspecified atom stereocenters. The van der Waals surface area contributed by atoms with Crippen molar-refractivity contribution in [2.75, 3.05) is 13.7 Å². The van der Waals surface area contributed by atoms with E-state index in [9.17, 15) is 5.11 Å². The lowest BCUT2D eigenvalue weighted by Gasteiger charge is -2.30. The van der Waals surface area contributed by atoms with Gasteiger partial charge in [0.2, 0.25) is 0 Å². The maximum Gasteiger partial charge on any atom is 0.119 e. The van der Waals surface area contributed by atoms with Crippen LogP contribution in [-0.4, -0.2) is 24.4 Å². The van der Waals surface area contributed by atoms with Gasteiger partial charge in [0, 0.05) is 18.7 Å². The molecule has 1 aromatic rings. The zero-order valence-corrected chi connectivity index (χ0v) is 10.8. The molecule has 0 aliphatic heterocycles. The van der Waals surface area contributed by atoms with Crippen molar-refractivity contribution in [2.45, 2.75) is 38.3 Å². The molecule has 2 N–H and O–H groups in total. The highest BCUT2D eigenvalue weighted by Gasteiger charge is 2.29. The number of benzene rings is 1. The highest BCUT2D eigenvalue weighted by atomic mass is 16.5. The Kier molecular flexibility index (Phi) is 3.40. The Morgan fingerprint density at radius 3 is 2.94 bits per heavy atom. The summed E-state index contributed by atoms with van der Waals surface area (Å²) in [6.07, 6.45) is 1.99. The topological polar surface area (TPSA) is 41.5 Å². The highest BCUT2D eigenvalue weighted by Crippen LogP contribution is 2.37. The first-order valence-electron chi connectivity index (χ1n) is 6.11. The van der Waals surface area contributed by atoms with Crippen LogP contribution in [0.1, 0.15) is 37.4 Å². The summed E-state index contributed by atoms with van der Waals surface area (Å²) in [7, 11) is 1.72. The molecule has 0 fully saturated rings. The number of methoxy groups -OCH3 is 1. The first kappa shape index (κ1) is 12.4. The highest BCUT2D eigenvalue weighted by molar-refractivity contribution is 5.44. The fourth-order valence-corrected chi connectivity index (χ4v) is 2.66. The van der Waals surface area contributed by atoms with Gasteiger partial charge in [0.25, 0.3) is 0 Å². The summed E-state index contributed by atoms with van der Waals surface area (Å²) < 4.78 is 5.22. The van der Waals surface area contributed by atoms with Crippen LogP contribution in [0, 0.1) is 0 Å². The van der Waals surface area contributed by atoms with Gasteiger partial charge in [0.15, 0.2) is 0 Å². The van der Waals surface area contributed by atoms with Gasteiger partial charge in [-0.3, -0.25) is 0 Å². The van der Waals surface area contributed by atoms with E-state index in [4.69, 9.17) is 4.74 Å². The third-order valence-corrected chi connectivity index (χ3v) is 3.32. The van der Waals surface area contributed by atoms with Gasteiger partial charge in [-0.1, -0.05) is 12.1 Å². The van der Waals surface area contributed by atoms with Crippen molar-refractivity contribution in [3.8, 4) is 5.75 Å². The molecule has 3 nitrogen and oxygen atoms in total. The van der Waals surface area contributed by atoms with Gasteiger partial charge < -0.3 is 15.2 Å². The van der Waals surface area contributed by atoms with Crippen LogP contribution in [0.15, 0.2) is 18.2 Å². The predicted molar refractivity (Wildman–Crippen MR) is 68.3 cm³/mol. The van der Waals surface area contributed by atoms with Crippen LogP contribution in [0.25, 0.3) is 0 Å². The van der Waals surface area contributed by atoms with E-state index in [1.807, 2.05) is 6.07 Å². The van der Waals surface area contributed by atoms with Crippen molar-refractivity contribution in [3.63, 3.8) is 0 Å². The molecule has 1 aliphatic rings. The van der Waals surface area contributed by atoms with Crippen molar-refractivity contribution in [3.05, 3.63) is 29.3 Å². The lowest BCUT2D eigenvalue weighted by molar-refractivity contribution is 0.120. The molecule has 0 radical (unpaired) electrons. The van der Waals surface area contributed by atoms with Gasteiger partial charge in [-0.15, -0.1) is 0 Å². The molecule has 1 atom stereocenters. The van der Waals surface area contributed by atoms with Gasteiger partial charge in [-0.2, -0.15) is 0 Å². The van der Waals surface area contributed by atoms with Crippen molar-refractivity contribution < 1.29 is 9.84 Å². The third-order valence-electron chi connectivity index (χ3n) is 3.32. The molecule has 3 heteroatoms. The zero-order valence-electron chi connectivity index (χ0n) is 10.8. The average Bonchev–Trinajstić information content (AvgIpc) is 2.62. The Bertz CT molecular complexity index is 401. The van der Waals surface area contributed by atoms with Crippen molar-refractivity contribution in [1.29, 1.82) is 0 Å². The normalized spacial score (nSPS) is 19.4. The molecule has 0 aromatic heterocycles. The van der Waals surface area contributed by atoms with Gasteiger partial charge >= 0.3 is 0 Å². The molecular weight excluding hydrogens is 214 g/mol. The SMILES string of the molecule is COCC(C)(C)NC1CCc2c(O)cccc21. The molecule has 0 amide bonds. The number of fused-ring (bicyclic) bond motifs is 1. The third kappa shape index (κ3) is 2.61. The fourth-order valence-electron chi connectivity index (χ4n) is 2.66. The Morgan fingerprint density at radius 2 is 2.24 bits per heavy atom. The standard InChI is InChI=1S/C14H21NO2/c1-14(2,9-17-3)15-12-8-7-11-10(12)5-4-6-13(11)16/h4-6,12,15-16H,7-9H2,1-3H3. The van der Waals surface area contributed by atoms with E-state index >= 15 is 0 Å². The molecule has 94 valence electrons. The van der Waals surface area contributed by atoms with E-state index in [0.29, 0.717) is 18.4 Å². The minimum absolute atomic E-state index is 0.0491. The van der Waals surface area contributed by atoms with Crippen LogP contribution in [0.2, 0.25) is 0 Å². The van der Waals surface area contributed by atoms with E-state index in [0.717, 1.165) is 18.4 Å². The molecule has 0 heterocycles. The minimum atomic E-state index is -0.0491. The van der Waals surface area contributed by atoms with E-state index in [1.165, 1.54) is 5.56 Å².